The molecule has 1 aromatic heterocycles. The van der Waals surface area contributed by atoms with Crippen LogP contribution in [-0.4, -0.2) is 50.0 Å². The number of pyridine rings is 1. The van der Waals surface area contributed by atoms with Crippen molar-refractivity contribution in [3.63, 3.8) is 0 Å². The number of fused-ring (bicyclic) bond motifs is 1. The number of para-hydroxylation sites is 3. The van der Waals surface area contributed by atoms with Crippen LogP contribution in [0.1, 0.15) is 53.7 Å². The molecule has 0 fully saturated rings. The number of aromatic amines is 1. The molecular formula is C35H42BCl3N3O6. The number of carbonyl (C=O) groups excluding carboxylic acids is 3. The first-order valence-electron chi connectivity index (χ1n) is 14.2. The SMILES string of the molecule is C.CCOC(=O)CC(C)=Nc1ccccc1Cl.CCOC(=O)CC(C)=O.Cc1cc(=O)c2cccc(Cl)c2[nH]1.Nc1ccccc1Cl.[B]. The quantitative estimate of drug-likeness (QED) is 0.0641. The minimum Gasteiger partial charge on any atom is -0.466 e. The number of aromatic nitrogens is 1. The second-order valence-corrected chi connectivity index (χ2v) is 10.7. The number of esters is 2. The van der Waals surface area contributed by atoms with Gasteiger partial charge in [0, 0.05) is 31.3 Å². The Balaban J connectivity index is 0. The average molecular weight is 718 g/mol. The van der Waals surface area contributed by atoms with Gasteiger partial charge in [0.15, 0.2) is 5.43 Å². The molecule has 3 N–H and O–H groups in total. The fourth-order valence-corrected chi connectivity index (χ4v) is 4.00. The average Bonchev–Trinajstić information content (AvgIpc) is 2.97. The van der Waals surface area contributed by atoms with Gasteiger partial charge in [-0.1, -0.05) is 72.6 Å². The highest BCUT2D eigenvalue weighted by Crippen LogP contribution is 2.24. The predicted octanol–water partition coefficient (Wildman–Crippen LogP) is 8.58. The van der Waals surface area contributed by atoms with Crippen LogP contribution in [0.4, 0.5) is 11.4 Å². The van der Waals surface area contributed by atoms with Crippen LogP contribution in [0.15, 0.2) is 82.6 Å². The molecule has 0 aliphatic heterocycles. The van der Waals surface area contributed by atoms with Crippen molar-refractivity contribution in [2.45, 2.75) is 54.9 Å². The third-order valence-corrected chi connectivity index (χ3v) is 6.40. The highest BCUT2D eigenvalue weighted by Gasteiger charge is 2.06. The summed E-state index contributed by atoms with van der Waals surface area (Å²) in [5, 5.41) is 2.41. The smallest absolute Gasteiger partial charge is 0.313 e. The van der Waals surface area contributed by atoms with E-state index in [1.807, 2.05) is 31.2 Å². The van der Waals surface area contributed by atoms with E-state index in [1.165, 1.54) is 6.92 Å². The molecule has 9 nitrogen and oxygen atoms in total. The Labute approximate surface area is 299 Å². The summed E-state index contributed by atoms with van der Waals surface area (Å²) in [6, 6.07) is 21.3. The highest BCUT2D eigenvalue weighted by atomic mass is 35.5. The predicted molar refractivity (Wildman–Crippen MR) is 200 cm³/mol. The monoisotopic (exact) mass is 716 g/mol. The fourth-order valence-electron chi connectivity index (χ4n) is 3.46. The number of nitrogens with one attached hydrogen (secondary N) is 1. The molecule has 0 saturated heterocycles. The third-order valence-electron chi connectivity index (χ3n) is 5.42. The number of anilines is 1. The van der Waals surface area contributed by atoms with Crippen LogP contribution < -0.4 is 11.2 Å². The van der Waals surface area contributed by atoms with E-state index in [9.17, 15) is 19.2 Å². The van der Waals surface area contributed by atoms with Gasteiger partial charge in [0.1, 0.15) is 12.2 Å². The summed E-state index contributed by atoms with van der Waals surface area (Å²) in [6.45, 7) is 9.18. The second kappa shape index (κ2) is 25.0. The van der Waals surface area contributed by atoms with E-state index in [0.29, 0.717) is 56.3 Å². The van der Waals surface area contributed by atoms with Crippen LogP contribution in [0.5, 0.6) is 0 Å². The first-order valence-corrected chi connectivity index (χ1v) is 15.3. The van der Waals surface area contributed by atoms with Crippen molar-refractivity contribution in [1.82, 2.24) is 4.98 Å². The number of Topliss-reactive ketones (excluding diaryl/α,β-unsaturated/α-hetero) is 1. The molecule has 13 heteroatoms. The lowest BCUT2D eigenvalue weighted by Gasteiger charge is -2.02. The van der Waals surface area contributed by atoms with Crippen LogP contribution in [0.2, 0.25) is 15.1 Å². The van der Waals surface area contributed by atoms with Crippen molar-refractivity contribution in [1.29, 1.82) is 0 Å². The van der Waals surface area contributed by atoms with Crippen molar-refractivity contribution in [3.05, 3.63) is 104 Å². The minimum atomic E-state index is -0.440. The molecule has 0 amide bonds. The standard InChI is InChI=1S/C12H14ClNO2.C10H8ClNO.C6H6ClN.C6H10O3.CH4.B/c1-3-16-12(15)8-9(2)14-11-7-5-4-6-10(11)13;1-6-5-9(13)7-3-2-4-8(11)10(7)12-6;7-5-3-1-2-4-6(5)8;1-3-9-6(8)4-5(2)7;;/h4-7H,3,8H2,1-2H3;2-5H,1H3,(H,12,13);1-4H,8H2;3-4H2,1-2H3;1H4;. The Kier molecular flexibility index (Phi) is 23.9. The van der Waals surface area contributed by atoms with Crippen molar-refractivity contribution in [2.75, 3.05) is 18.9 Å². The van der Waals surface area contributed by atoms with Crippen LogP contribution >= 0.6 is 34.8 Å². The number of ketones is 1. The minimum absolute atomic E-state index is 0. The molecule has 3 radical (unpaired) electrons. The summed E-state index contributed by atoms with van der Waals surface area (Å²) in [5.74, 6) is -0.866. The Hall–Kier alpha value is -4.12. The first kappa shape index (κ1) is 46.0. The van der Waals surface area contributed by atoms with Gasteiger partial charge >= 0.3 is 11.9 Å². The lowest BCUT2D eigenvalue weighted by atomic mass is 10.2. The molecule has 3 aromatic carbocycles. The van der Waals surface area contributed by atoms with E-state index in [0.717, 1.165) is 5.69 Å². The maximum absolute atomic E-state index is 11.5. The molecular weight excluding hydrogens is 676 g/mol. The summed E-state index contributed by atoms with van der Waals surface area (Å²) >= 11 is 17.5. The third kappa shape index (κ3) is 18.3. The van der Waals surface area contributed by atoms with Gasteiger partial charge in [-0.05, 0) is 71.0 Å². The molecule has 0 aliphatic rings. The number of aliphatic imine (C=N–C) groups is 1. The molecule has 0 saturated carbocycles. The van der Waals surface area contributed by atoms with Gasteiger partial charge in [-0.15, -0.1) is 0 Å². The Morgan fingerprint density at radius 1 is 0.792 bits per heavy atom. The molecule has 0 unspecified atom stereocenters. The largest absolute Gasteiger partial charge is 0.466 e. The Bertz CT molecular complexity index is 1670. The maximum atomic E-state index is 11.5. The van der Waals surface area contributed by atoms with E-state index in [-0.39, 0.29) is 45.9 Å². The summed E-state index contributed by atoms with van der Waals surface area (Å²) in [7, 11) is 0. The van der Waals surface area contributed by atoms with Gasteiger partial charge in [0.2, 0.25) is 0 Å². The van der Waals surface area contributed by atoms with Gasteiger partial charge in [0.25, 0.3) is 0 Å². The maximum Gasteiger partial charge on any atom is 0.313 e. The van der Waals surface area contributed by atoms with Gasteiger partial charge in [-0.3, -0.25) is 24.2 Å². The number of nitrogens with zero attached hydrogens (tertiary/aromatic N) is 1. The van der Waals surface area contributed by atoms with E-state index >= 15 is 0 Å². The zero-order valence-corrected chi connectivity index (χ0v) is 29.2. The van der Waals surface area contributed by atoms with Crippen molar-refractivity contribution in [2.24, 2.45) is 4.99 Å². The first-order chi connectivity index (χ1) is 21.8. The van der Waals surface area contributed by atoms with Gasteiger partial charge in [-0.2, -0.15) is 0 Å². The van der Waals surface area contributed by atoms with Crippen LogP contribution in [0, 0.1) is 6.92 Å². The van der Waals surface area contributed by atoms with E-state index in [2.05, 4.69) is 14.7 Å². The Morgan fingerprint density at radius 2 is 1.31 bits per heavy atom. The molecule has 0 spiro atoms. The number of benzene rings is 3. The summed E-state index contributed by atoms with van der Waals surface area (Å²) < 4.78 is 9.32. The number of aryl methyl sites for hydroxylation is 1. The number of hydrogen-bond acceptors (Lipinski definition) is 8. The van der Waals surface area contributed by atoms with Gasteiger partial charge in [0.05, 0.1) is 51.6 Å². The molecule has 257 valence electrons. The molecule has 4 rings (SSSR count). The van der Waals surface area contributed by atoms with Gasteiger partial charge < -0.3 is 20.2 Å². The topological polar surface area (TPSA) is 141 Å². The zero-order valence-electron chi connectivity index (χ0n) is 26.9. The molecule has 4 aromatic rings. The number of ether oxygens (including phenoxy) is 2. The molecule has 1 heterocycles. The number of nitrogens with two attached hydrogens (primary N) is 1. The molecule has 0 bridgehead atoms. The summed E-state index contributed by atoms with van der Waals surface area (Å²) in [6.07, 6.45) is 0.0902. The molecule has 0 atom stereocenters. The Morgan fingerprint density at radius 3 is 1.81 bits per heavy atom. The number of hydrogen-bond donors (Lipinski definition) is 2. The number of carbonyl (C=O) groups is 3. The highest BCUT2D eigenvalue weighted by molar-refractivity contribution is 6.35. The summed E-state index contributed by atoms with van der Waals surface area (Å²) in [4.78, 5) is 50.6. The van der Waals surface area contributed by atoms with Crippen molar-refractivity contribution >= 4 is 88.9 Å². The molecule has 0 aliphatic carbocycles. The van der Waals surface area contributed by atoms with Crippen molar-refractivity contribution < 1.29 is 23.9 Å². The van der Waals surface area contributed by atoms with E-state index in [1.54, 1.807) is 69.3 Å². The number of halogens is 3. The summed E-state index contributed by atoms with van der Waals surface area (Å²) in [5.41, 5.74) is 8.93. The van der Waals surface area contributed by atoms with Crippen molar-refractivity contribution in [3.8, 4) is 0 Å². The normalized spacial score (nSPS) is 9.79. The van der Waals surface area contributed by atoms with Crippen LogP contribution in [-0.2, 0) is 23.9 Å². The number of nitrogen functional groups attached to an aromatic ring is 1. The van der Waals surface area contributed by atoms with Gasteiger partial charge in [-0.25, -0.2) is 0 Å². The second-order valence-electron chi connectivity index (χ2n) is 9.46. The van der Waals surface area contributed by atoms with Crippen LogP contribution in [0.25, 0.3) is 10.9 Å². The lowest BCUT2D eigenvalue weighted by molar-refractivity contribution is -0.145. The molecule has 48 heavy (non-hydrogen) atoms. The number of rotatable bonds is 7. The zero-order chi connectivity index (χ0) is 34.6. The lowest BCUT2D eigenvalue weighted by Crippen LogP contribution is -2.08. The van der Waals surface area contributed by atoms with Crippen LogP contribution in [0.3, 0.4) is 0 Å². The number of H-pyrrole nitrogens is 1. The van der Waals surface area contributed by atoms with E-state index in [4.69, 9.17) is 45.3 Å². The fraction of sp³-hybridized carbons (Fsp3) is 0.286. The van der Waals surface area contributed by atoms with E-state index < -0.39 is 5.97 Å².